The molecule has 1 aromatic carbocycles. The Hall–Kier alpha value is -2.11. The molecule has 22 heavy (non-hydrogen) atoms. The second kappa shape index (κ2) is 6.77. The number of amides is 1. The molecule has 3 unspecified atom stereocenters. The minimum Gasteiger partial charge on any atom is -0.481 e. The molecule has 6 heteroatoms. The molecule has 1 aliphatic heterocycles. The molecule has 0 saturated carbocycles. The normalized spacial score (nSPS) is 23.0. The quantitative estimate of drug-likeness (QED) is 0.925. The van der Waals surface area contributed by atoms with E-state index in [0.29, 0.717) is 25.3 Å². The first-order valence-corrected chi connectivity index (χ1v) is 7.32. The lowest BCUT2D eigenvalue weighted by atomic mass is 9.87. The van der Waals surface area contributed by atoms with E-state index in [4.69, 9.17) is 9.84 Å². The number of rotatable bonds is 4. The fourth-order valence-corrected chi connectivity index (χ4v) is 2.74. The van der Waals surface area contributed by atoms with Gasteiger partial charge in [0.1, 0.15) is 11.6 Å². The predicted octanol–water partition coefficient (Wildman–Crippen LogP) is 2.16. The number of piperidine rings is 1. The van der Waals surface area contributed by atoms with Crippen LogP contribution in [0.15, 0.2) is 24.3 Å². The highest BCUT2D eigenvalue weighted by Gasteiger charge is 2.34. The lowest BCUT2D eigenvalue weighted by Crippen LogP contribution is -2.49. The van der Waals surface area contributed by atoms with E-state index >= 15 is 0 Å². The third-order valence-electron chi connectivity index (χ3n) is 4.01. The number of carboxylic acids is 1. The summed E-state index contributed by atoms with van der Waals surface area (Å²) < 4.78 is 18.4. The molecule has 1 aromatic rings. The van der Waals surface area contributed by atoms with Crippen LogP contribution in [-0.2, 0) is 9.59 Å². The summed E-state index contributed by atoms with van der Waals surface area (Å²) in [6.45, 7) is 4.30. The van der Waals surface area contributed by atoms with E-state index in [1.807, 2.05) is 6.92 Å². The van der Waals surface area contributed by atoms with Crippen molar-refractivity contribution in [2.24, 2.45) is 11.8 Å². The van der Waals surface area contributed by atoms with Gasteiger partial charge < -0.3 is 14.7 Å². The van der Waals surface area contributed by atoms with Gasteiger partial charge in [-0.2, -0.15) is 0 Å². The summed E-state index contributed by atoms with van der Waals surface area (Å²) in [7, 11) is 0. The fraction of sp³-hybridized carbons (Fsp3) is 0.500. The van der Waals surface area contributed by atoms with Gasteiger partial charge in [-0.25, -0.2) is 4.39 Å². The van der Waals surface area contributed by atoms with E-state index in [1.165, 1.54) is 24.3 Å². The SMILES string of the molecule is CC(Oc1ccc(F)cc1)C(=O)N1CCC(C(=O)O)C(C)C1. The monoisotopic (exact) mass is 309 g/mol. The minimum atomic E-state index is -0.810. The summed E-state index contributed by atoms with van der Waals surface area (Å²) in [4.78, 5) is 25.1. The molecule has 0 bridgehead atoms. The molecule has 1 fully saturated rings. The Morgan fingerprint density at radius 2 is 2.00 bits per heavy atom. The Kier molecular flexibility index (Phi) is 5.00. The first-order chi connectivity index (χ1) is 10.4. The maximum atomic E-state index is 12.8. The van der Waals surface area contributed by atoms with Crippen molar-refractivity contribution in [2.75, 3.05) is 13.1 Å². The van der Waals surface area contributed by atoms with E-state index in [2.05, 4.69) is 0 Å². The molecule has 1 saturated heterocycles. The maximum absolute atomic E-state index is 12.8. The third kappa shape index (κ3) is 3.75. The highest BCUT2D eigenvalue weighted by Crippen LogP contribution is 2.24. The Morgan fingerprint density at radius 3 is 2.55 bits per heavy atom. The highest BCUT2D eigenvalue weighted by atomic mass is 19.1. The van der Waals surface area contributed by atoms with Gasteiger partial charge in [-0.1, -0.05) is 6.92 Å². The van der Waals surface area contributed by atoms with Crippen molar-refractivity contribution in [1.82, 2.24) is 4.90 Å². The van der Waals surface area contributed by atoms with Crippen LogP contribution in [0.2, 0.25) is 0 Å². The number of aliphatic carboxylic acids is 1. The van der Waals surface area contributed by atoms with Crippen molar-refractivity contribution in [2.45, 2.75) is 26.4 Å². The van der Waals surface area contributed by atoms with E-state index < -0.39 is 18.0 Å². The van der Waals surface area contributed by atoms with Gasteiger partial charge in [0.05, 0.1) is 5.92 Å². The third-order valence-corrected chi connectivity index (χ3v) is 4.01. The number of nitrogens with zero attached hydrogens (tertiary/aromatic N) is 1. The van der Waals surface area contributed by atoms with Crippen LogP contribution in [0.1, 0.15) is 20.3 Å². The Morgan fingerprint density at radius 1 is 1.36 bits per heavy atom. The first-order valence-electron chi connectivity index (χ1n) is 7.32. The summed E-state index contributed by atoms with van der Waals surface area (Å²) in [6, 6.07) is 5.48. The molecular formula is C16H20FNO4. The van der Waals surface area contributed by atoms with Crippen LogP contribution in [0.5, 0.6) is 5.75 Å². The van der Waals surface area contributed by atoms with Crippen LogP contribution in [0.4, 0.5) is 4.39 Å². The van der Waals surface area contributed by atoms with Crippen molar-refractivity contribution in [1.29, 1.82) is 0 Å². The van der Waals surface area contributed by atoms with Crippen molar-refractivity contribution in [3.8, 4) is 5.75 Å². The van der Waals surface area contributed by atoms with Crippen LogP contribution >= 0.6 is 0 Å². The average molecular weight is 309 g/mol. The number of carboxylic acid groups (broad SMARTS) is 1. The zero-order chi connectivity index (χ0) is 16.3. The van der Waals surface area contributed by atoms with Crippen LogP contribution in [0, 0.1) is 17.7 Å². The van der Waals surface area contributed by atoms with E-state index in [0.717, 1.165) is 0 Å². The van der Waals surface area contributed by atoms with Crippen molar-refractivity contribution < 1.29 is 23.8 Å². The fourth-order valence-electron chi connectivity index (χ4n) is 2.74. The standard InChI is InChI=1S/C16H20FNO4/c1-10-9-18(8-7-14(10)16(20)21)15(19)11(2)22-13-5-3-12(17)4-6-13/h3-6,10-11,14H,7-9H2,1-2H3,(H,20,21). The molecule has 0 aromatic heterocycles. The number of halogens is 1. The van der Waals surface area contributed by atoms with Crippen LogP contribution in [0.3, 0.4) is 0 Å². The molecule has 1 heterocycles. The number of likely N-dealkylation sites (tertiary alicyclic amines) is 1. The molecule has 3 atom stereocenters. The molecule has 0 spiro atoms. The minimum absolute atomic E-state index is 0.0896. The Bertz CT molecular complexity index is 546. The van der Waals surface area contributed by atoms with Gasteiger partial charge >= 0.3 is 5.97 Å². The van der Waals surface area contributed by atoms with Gasteiger partial charge in [0.15, 0.2) is 6.10 Å². The number of hydrogen-bond acceptors (Lipinski definition) is 3. The van der Waals surface area contributed by atoms with E-state index in [9.17, 15) is 14.0 Å². The largest absolute Gasteiger partial charge is 0.481 e. The summed E-state index contributed by atoms with van der Waals surface area (Å²) in [5.74, 6) is -1.42. The van der Waals surface area contributed by atoms with Gasteiger partial charge in [0.25, 0.3) is 5.91 Å². The Labute approximate surface area is 128 Å². The summed E-state index contributed by atoms with van der Waals surface area (Å²) in [5, 5.41) is 9.10. The van der Waals surface area contributed by atoms with Crippen LogP contribution < -0.4 is 4.74 Å². The zero-order valence-electron chi connectivity index (χ0n) is 12.7. The second-order valence-electron chi connectivity index (χ2n) is 5.71. The number of ether oxygens (including phenoxy) is 1. The summed E-state index contributed by atoms with van der Waals surface area (Å²) >= 11 is 0. The molecule has 1 amide bonds. The molecule has 1 aliphatic rings. The molecule has 2 rings (SSSR count). The number of carbonyl (C=O) groups excluding carboxylic acids is 1. The molecule has 0 aliphatic carbocycles. The Balaban J connectivity index is 1.93. The molecule has 5 nitrogen and oxygen atoms in total. The summed E-state index contributed by atoms with van der Waals surface area (Å²) in [5.41, 5.74) is 0. The first kappa shape index (κ1) is 16.3. The smallest absolute Gasteiger partial charge is 0.306 e. The lowest BCUT2D eigenvalue weighted by Gasteiger charge is -2.36. The molecule has 120 valence electrons. The number of carbonyl (C=O) groups is 2. The average Bonchev–Trinajstić information content (AvgIpc) is 2.48. The van der Waals surface area contributed by atoms with Crippen LogP contribution in [-0.4, -0.2) is 41.1 Å². The van der Waals surface area contributed by atoms with E-state index in [-0.39, 0.29) is 17.6 Å². The number of benzene rings is 1. The van der Waals surface area contributed by atoms with Gasteiger partial charge in [0, 0.05) is 13.1 Å². The van der Waals surface area contributed by atoms with Gasteiger partial charge in [0.2, 0.25) is 0 Å². The van der Waals surface area contributed by atoms with Gasteiger partial charge in [-0.05, 0) is 43.5 Å². The molecule has 1 N–H and O–H groups in total. The van der Waals surface area contributed by atoms with Crippen molar-refractivity contribution >= 4 is 11.9 Å². The maximum Gasteiger partial charge on any atom is 0.306 e. The van der Waals surface area contributed by atoms with Crippen molar-refractivity contribution in [3.63, 3.8) is 0 Å². The molecule has 0 radical (unpaired) electrons. The van der Waals surface area contributed by atoms with Crippen molar-refractivity contribution in [3.05, 3.63) is 30.1 Å². The van der Waals surface area contributed by atoms with E-state index in [1.54, 1.807) is 11.8 Å². The van der Waals surface area contributed by atoms with Gasteiger partial charge in [-0.15, -0.1) is 0 Å². The van der Waals surface area contributed by atoms with Gasteiger partial charge in [-0.3, -0.25) is 9.59 Å². The number of hydrogen-bond donors (Lipinski definition) is 1. The summed E-state index contributed by atoms with van der Waals surface area (Å²) in [6.07, 6.45) is -0.245. The molecular weight excluding hydrogens is 289 g/mol. The predicted molar refractivity (Wildman–Crippen MR) is 78.0 cm³/mol. The second-order valence-corrected chi connectivity index (χ2v) is 5.71. The topological polar surface area (TPSA) is 66.8 Å². The zero-order valence-corrected chi connectivity index (χ0v) is 12.7. The lowest BCUT2D eigenvalue weighted by molar-refractivity contribution is -0.150. The highest BCUT2D eigenvalue weighted by molar-refractivity contribution is 5.81. The van der Waals surface area contributed by atoms with Crippen LogP contribution in [0.25, 0.3) is 0 Å².